The number of nitrogens with one attached hydrogen (secondary N) is 2. The summed E-state index contributed by atoms with van der Waals surface area (Å²) in [5, 5.41) is 6.15. The van der Waals surface area contributed by atoms with E-state index in [-0.39, 0.29) is 6.54 Å². The van der Waals surface area contributed by atoms with E-state index in [2.05, 4.69) is 19.4 Å². The van der Waals surface area contributed by atoms with Crippen LogP contribution in [0.2, 0.25) is 0 Å². The standard InChI is InChI=1S/C22H26FN5O4S/c1-22(2,3)32-20(29)19(26-18-11-25-33-27-18)17-12-28(21(30)31-17)14-4-5-15(16(23)10-14)13-6-8-24-9-7-13/h4-6,10-11,17,19,24H,7-9,12H2,1-3H3,(H,26,27)/t17-,19-/m1/s1. The van der Waals surface area contributed by atoms with E-state index >= 15 is 0 Å². The number of carbonyl (C=O) groups excluding carboxylic acids is 2. The summed E-state index contributed by atoms with van der Waals surface area (Å²) in [4.78, 5) is 26.9. The molecule has 0 aliphatic carbocycles. The number of esters is 1. The Kier molecular flexibility index (Phi) is 6.61. The van der Waals surface area contributed by atoms with Gasteiger partial charge in [0.05, 0.1) is 30.2 Å². The van der Waals surface area contributed by atoms with E-state index in [1.807, 2.05) is 6.08 Å². The quantitative estimate of drug-likeness (QED) is 0.614. The molecule has 33 heavy (non-hydrogen) atoms. The zero-order valence-corrected chi connectivity index (χ0v) is 19.4. The molecule has 11 heteroatoms. The van der Waals surface area contributed by atoms with Gasteiger partial charge in [-0.3, -0.25) is 4.90 Å². The highest BCUT2D eigenvalue weighted by molar-refractivity contribution is 6.99. The maximum absolute atomic E-state index is 14.9. The van der Waals surface area contributed by atoms with Crippen LogP contribution in [0.1, 0.15) is 32.8 Å². The molecule has 1 fully saturated rings. The van der Waals surface area contributed by atoms with Crippen molar-refractivity contribution in [1.82, 2.24) is 14.1 Å². The van der Waals surface area contributed by atoms with Crippen LogP contribution in [0.4, 0.5) is 20.7 Å². The van der Waals surface area contributed by atoms with Crippen LogP contribution in [0.25, 0.3) is 5.57 Å². The molecule has 3 heterocycles. The van der Waals surface area contributed by atoms with Crippen LogP contribution in [0.3, 0.4) is 0 Å². The maximum atomic E-state index is 14.9. The summed E-state index contributed by atoms with van der Waals surface area (Å²) in [5.74, 6) is -0.627. The minimum Gasteiger partial charge on any atom is -0.458 e. The van der Waals surface area contributed by atoms with Crippen LogP contribution < -0.4 is 15.5 Å². The Labute approximate surface area is 195 Å². The van der Waals surface area contributed by atoms with Crippen molar-refractivity contribution < 1.29 is 23.5 Å². The van der Waals surface area contributed by atoms with Crippen molar-refractivity contribution in [3.05, 3.63) is 41.9 Å². The molecule has 2 N–H and O–H groups in total. The van der Waals surface area contributed by atoms with Crippen molar-refractivity contribution >= 4 is 40.9 Å². The van der Waals surface area contributed by atoms with Gasteiger partial charge in [-0.15, -0.1) is 0 Å². The van der Waals surface area contributed by atoms with E-state index in [9.17, 15) is 14.0 Å². The van der Waals surface area contributed by atoms with E-state index in [1.54, 1.807) is 32.9 Å². The lowest BCUT2D eigenvalue weighted by Crippen LogP contribution is -2.46. The lowest BCUT2D eigenvalue weighted by molar-refractivity contribution is -0.157. The molecule has 4 rings (SSSR count). The highest BCUT2D eigenvalue weighted by Gasteiger charge is 2.43. The molecule has 1 aromatic carbocycles. The summed E-state index contributed by atoms with van der Waals surface area (Å²) in [7, 11) is 0. The fraction of sp³-hybridized carbons (Fsp3) is 0.455. The molecule has 2 atom stereocenters. The normalized spacial score (nSPS) is 19.6. The highest BCUT2D eigenvalue weighted by Crippen LogP contribution is 2.30. The van der Waals surface area contributed by atoms with Crippen LogP contribution in [-0.4, -0.2) is 58.2 Å². The number of hydrogen-bond donors (Lipinski definition) is 2. The number of cyclic esters (lactones) is 1. The monoisotopic (exact) mass is 475 g/mol. The van der Waals surface area contributed by atoms with Gasteiger partial charge in [0.25, 0.3) is 0 Å². The fourth-order valence-electron chi connectivity index (χ4n) is 3.73. The third-order valence-electron chi connectivity index (χ3n) is 5.21. The van der Waals surface area contributed by atoms with Crippen LogP contribution in [0.15, 0.2) is 30.5 Å². The predicted molar refractivity (Wildman–Crippen MR) is 123 cm³/mol. The number of carbonyl (C=O) groups is 2. The minimum atomic E-state index is -1.01. The molecule has 2 aromatic rings. The summed E-state index contributed by atoms with van der Waals surface area (Å²) in [6.07, 6.45) is 2.63. The van der Waals surface area contributed by atoms with Crippen LogP contribution >= 0.6 is 11.7 Å². The zero-order valence-electron chi connectivity index (χ0n) is 18.6. The van der Waals surface area contributed by atoms with Crippen molar-refractivity contribution in [2.45, 2.75) is 44.9 Å². The highest BCUT2D eigenvalue weighted by atomic mass is 32.1. The Morgan fingerprint density at radius 3 is 2.88 bits per heavy atom. The van der Waals surface area contributed by atoms with Gasteiger partial charge in [0.2, 0.25) is 0 Å². The second-order valence-electron chi connectivity index (χ2n) is 8.83. The summed E-state index contributed by atoms with van der Waals surface area (Å²) < 4.78 is 33.9. The number of amides is 1. The van der Waals surface area contributed by atoms with Gasteiger partial charge in [-0.25, -0.2) is 14.0 Å². The summed E-state index contributed by atoms with van der Waals surface area (Å²) >= 11 is 0.979. The number of hydrogen-bond acceptors (Lipinski definition) is 9. The number of rotatable bonds is 6. The fourth-order valence-corrected chi connectivity index (χ4v) is 4.11. The summed E-state index contributed by atoms with van der Waals surface area (Å²) in [6.45, 7) is 6.79. The molecule has 0 spiro atoms. The van der Waals surface area contributed by atoms with E-state index in [1.165, 1.54) is 17.2 Å². The van der Waals surface area contributed by atoms with E-state index < -0.39 is 35.6 Å². The van der Waals surface area contributed by atoms with E-state index in [0.29, 0.717) is 23.6 Å². The van der Waals surface area contributed by atoms with Crippen LogP contribution in [0.5, 0.6) is 0 Å². The molecule has 176 valence electrons. The SMILES string of the molecule is CC(C)(C)OC(=O)[C@H](Nc1cnsn1)[C@H]1CN(c2ccc(C3=CCNCC3)c(F)c2)C(=O)O1. The Morgan fingerprint density at radius 2 is 2.24 bits per heavy atom. The third-order valence-corrected chi connectivity index (χ3v) is 5.68. The molecule has 2 aliphatic heterocycles. The first-order valence-electron chi connectivity index (χ1n) is 10.7. The minimum absolute atomic E-state index is 0.0404. The first-order chi connectivity index (χ1) is 15.7. The number of halogens is 1. The van der Waals surface area contributed by atoms with Crippen molar-refractivity contribution in [2.24, 2.45) is 0 Å². The Balaban J connectivity index is 1.54. The Bertz CT molecular complexity index is 1050. The van der Waals surface area contributed by atoms with Gasteiger partial charge in [0.15, 0.2) is 18.0 Å². The van der Waals surface area contributed by atoms with Crippen LogP contribution in [-0.2, 0) is 14.3 Å². The van der Waals surface area contributed by atoms with Gasteiger partial charge in [0, 0.05) is 12.1 Å². The lowest BCUT2D eigenvalue weighted by Gasteiger charge is -2.26. The zero-order chi connectivity index (χ0) is 23.6. The first kappa shape index (κ1) is 23.1. The number of ether oxygens (including phenoxy) is 2. The van der Waals surface area contributed by atoms with Crippen molar-refractivity contribution in [2.75, 3.05) is 29.9 Å². The number of aromatic nitrogens is 2. The molecule has 0 radical (unpaired) electrons. The predicted octanol–water partition coefficient (Wildman–Crippen LogP) is 3.20. The van der Waals surface area contributed by atoms with Crippen molar-refractivity contribution in [1.29, 1.82) is 0 Å². The van der Waals surface area contributed by atoms with Gasteiger partial charge in [-0.1, -0.05) is 6.08 Å². The average Bonchev–Trinajstić information content (AvgIpc) is 3.40. The summed E-state index contributed by atoms with van der Waals surface area (Å²) in [6, 6.07) is 3.67. The molecule has 9 nitrogen and oxygen atoms in total. The number of benzene rings is 1. The molecule has 0 unspecified atom stereocenters. The smallest absolute Gasteiger partial charge is 0.414 e. The van der Waals surface area contributed by atoms with Gasteiger partial charge < -0.3 is 20.1 Å². The van der Waals surface area contributed by atoms with E-state index in [4.69, 9.17) is 9.47 Å². The largest absolute Gasteiger partial charge is 0.458 e. The van der Waals surface area contributed by atoms with Crippen molar-refractivity contribution in [3.8, 4) is 0 Å². The number of nitrogens with zero attached hydrogens (tertiary/aromatic N) is 3. The van der Waals surface area contributed by atoms with Crippen LogP contribution in [0, 0.1) is 5.82 Å². The van der Waals surface area contributed by atoms with Gasteiger partial charge in [0.1, 0.15) is 11.4 Å². The van der Waals surface area contributed by atoms with Gasteiger partial charge in [-0.05, 0) is 57.5 Å². The maximum Gasteiger partial charge on any atom is 0.414 e. The number of anilines is 2. The lowest BCUT2D eigenvalue weighted by atomic mass is 9.99. The van der Waals surface area contributed by atoms with E-state index in [0.717, 1.165) is 30.3 Å². The molecular formula is C22H26FN5O4S. The molecular weight excluding hydrogens is 449 g/mol. The second-order valence-corrected chi connectivity index (χ2v) is 9.39. The summed E-state index contributed by atoms with van der Waals surface area (Å²) in [5.41, 5.74) is 1.08. The van der Waals surface area contributed by atoms with Gasteiger partial charge >= 0.3 is 12.1 Å². The topological polar surface area (TPSA) is 106 Å². The average molecular weight is 476 g/mol. The van der Waals surface area contributed by atoms with Gasteiger partial charge in [-0.2, -0.15) is 8.75 Å². The molecule has 0 saturated carbocycles. The van der Waals surface area contributed by atoms with Crippen molar-refractivity contribution in [3.63, 3.8) is 0 Å². The molecule has 1 aromatic heterocycles. The molecule has 1 amide bonds. The molecule has 2 aliphatic rings. The molecule has 0 bridgehead atoms. The first-order valence-corrected chi connectivity index (χ1v) is 11.4. The second kappa shape index (κ2) is 9.44. The Hall–Kier alpha value is -3.05. The third kappa shape index (κ3) is 5.48. The molecule has 1 saturated heterocycles. The Morgan fingerprint density at radius 1 is 1.42 bits per heavy atom.